The van der Waals surface area contributed by atoms with Gasteiger partial charge in [-0.2, -0.15) is 0 Å². The number of nitrogens with one attached hydrogen (secondary N) is 1. The molecule has 0 saturated heterocycles. The van der Waals surface area contributed by atoms with Crippen LogP contribution in [0.25, 0.3) is 10.9 Å². The number of carbonyl (C=O) groups is 2. The lowest BCUT2D eigenvalue weighted by Gasteiger charge is -2.11. The Kier molecular flexibility index (Phi) is 6.56. The number of allylic oxidation sites excluding steroid dienone is 1. The maximum Gasteiger partial charge on any atom is 0.355 e. The van der Waals surface area contributed by atoms with Gasteiger partial charge in [-0.1, -0.05) is 30.0 Å². The van der Waals surface area contributed by atoms with Gasteiger partial charge >= 0.3 is 5.97 Å². The van der Waals surface area contributed by atoms with Gasteiger partial charge < -0.3 is 9.72 Å². The predicted molar refractivity (Wildman–Crippen MR) is 117 cm³/mol. The van der Waals surface area contributed by atoms with Crippen molar-refractivity contribution in [1.82, 2.24) is 14.5 Å². The van der Waals surface area contributed by atoms with E-state index in [2.05, 4.69) is 16.5 Å². The van der Waals surface area contributed by atoms with E-state index in [1.165, 1.54) is 16.3 Å². The molecule has 0 atom stereocenters. The first-order chi connectivity index (χ1) is 14.4. The first-order valence-corrected chi connectivity index (χ1v) is 10.5. The Morgan fingerprint density at radius 3 is 2.73 bits per heavy atom. The number of thioether (sulfide) groups is 1. The average Bonchev–Trinajstić information content (AvgIpc) is 3.03. The van der Waals surface area contributed by atoms with Crippen LogP contribution in [0.15, 0.2) is 46.9 Å². The van der Waals surface area contributed by atoms with E-state index in [1.807, 2.05) is 6.07 Å². The van der Waals surface area contributed by atoms with Crippen molar-refractivity contribution in [3.8, 4) is 0 Å². The summed E-state index contributed by atoms with van der Waals surface area (Å²) in [5.74, 6) is -0.570. The van der Waals surface area contributed by atoms with E-state index in [1.54, 1.807) is 45.0 Å². The predicted octanol–water partition coefficient (Wildman–Crippen LogP) is 3.68. The fourth-order valence-corrected chi connectivity index (χ4v) is 4.21. The van der Waals surface area contributed by atoms with Crippen LogP contribution in [0, 0.1) is 13.8 Å². The maximum atomic E-state index is 12.9. The number of Topliss-reactive ketones (excluding diaryl/α,β-unsaturated/α-hetero) is 1. The first-order valence-electron chi connectivity index (χ1n) is 9.51. The third kappa shape index (κ3) is 4.09. The fraction of sp³-hybridized carbons (Fsp3) is 0.273. The standard InChI is InChI=1S/C22H23N3O4S/c1-5-11-25-20(27)15-9-7-8-10-16(15)24-22(25)30-12-17(26)18-13(3)19(23-14(18)4)21(28)29-6-2/h5,7-10,23H,1,6,11-12H2,2-4H3. The van der Waals surface area contributed by atoms with Crippen LogP contribution in [0.5, 0.6) is 0 Å². The van der Waals surface area contributed by atoms with Crippen LogP contribution in [0.4, 0.5) is 0 Å². The third-order valence-electron chi connectivity index (χ3n) is 4.67. The number of nitrogens with zero attached hydrogens (tertiary/aromatic N) is 2. The van der Waals surface area contributed by atoms with Crippen molar-refractivity contribution in [2.45, 2.75) is 32.5 Å². The smallest absolute Gasteiger partial charge is 0.355 e. The number of fused-ring (bicyclic) bond motifs is 1. The Morgan fingerprint density at radius 1 is 1.30 bits per heavy atom. The highest BCUT2D eigenvalue weighted by Crippen LogP contribution is 2.24. The summed E-state index contributed by atoms with van der Waals surface area (Å²) < 4.78 is 6.55. The SMILES string of the molecule is C=CCn1c(SCC(=O)c2c(C)[nH]c(C(=O)OCC)c2C)nc2ccccc2c1=O. The summed E-state index contributed by atoms with van der Waals surface area (Å²) in [7, 11) is 0. The molecule has 0 radical (unpaired) electrons. The molecule has 0 bridgehead atoms. The number of ketones is 1. The molecule has 2 heterocycles. The van der Waals surface area contributed by atoms with Crippen molar-refractivity contribution in [2.75, 3.05) is 12.4 Å². The fourth-order valence-electron chi connectivity index (χ4n) is 3.33. The summed E-state index contributed by atoms with van der Waals surface area (Å²) in [6, 6.07) is 7.11. The van der Waals surface area contributed by atoms with Crippen molar-refractivity contribution in [3.63, 3.8) is 0 Å². The van der Waals surface area contributed by atoms with E-state index in [9.17, 15) is 14.4 Å². The second-order valence-corrected chi connectivity index (χ2v) is 7.62. The van der Waals surface area contributed by atoms with Gasteiger partial charge in [-0.05, 0) is 38.5 Å². The first kappa shape index (κ1) is 21.6. The molecule has 7 nitrogen and oxygen atoms in total. The number of benzene rings is 1. The monoisotopic (exact) mass is 425 g/mol. The summed E-state index contributed by atoms with van der Waals surface area (Å²) in [6.07, 6.45) is 1.62. The van der Waals surface area contributed by atoms with Gasteiger partial charge in [0.05, 0.1) is 23.3 Å². The van der Waals surface area contributed by atoms with Crippen molar-refractivity contribution < 1.29 is 14.3 Å². The molecule has 0 fully saturated rings. The van der Waals surface area contributed by atoms with Crippen molar-refractivity contribution in [2.24, 2.45) is 0 Å². The molecule has 0 aliphatic carbocycles. The molecule has 1 N–H and O–H groups in total. The van der Waals surface area contributed by atoms with Gasteiger partial charge in [-0.15, -0.1) is 6.58 Å². The summed E-state index contributed by atoms with van der Waals surface area (Å²) >= 11 is 1.19. The number of carbonyl (C=O) groups excluding carboxylic acids is 2. The quantitative estimate of drug-likeness (QED) is 0.195. The number of ether oxygens (including phenoxy) is 1. The lowest BCUT2D eigenvalue weighted by Crippen LogP contribution is -2.23. The molecular formula is C22H23N3O4S. The summed E-state index contributed by atoms with van der Waals surface area (Å²) in [5.41, 5.74) is 2.33. The molecule has 0 unspecified atom stereocenters. The van der Waals surface area contributed by atoms with Crippen molar-refractivity contribution in [3.05, 3.63) is 69.8 Å². The van der Waals surface area contributed by atoms with Gasteiger partial charge in [0.25, 0.3) is 5.56 Å². The number of para-hydroxylation sites is 1. The van der Waals surface area contributed by atoms with Gasteiger partial charge in [0.1, 0.15) is 5.69 Å². The molecule has 1 aromatic carbocycles. The highest BCUT2D eigenvalue weighted by atomic mass is 32.2. The molecule has 0 spiro atoms. The second kappa shape index (κ2) is 9.13. The lowest BCUT2D eigenvalue weighted by molar-refractivity contribution is 0.0519. The molecule has 156 valence electrons. The molecule has 0 saturated carbocycles. The highest BCUT2D eigenvalue weighted by molar-refractivity contribution is 7.99. The van der Waals surface area contributed by atoms with Gasteiger partial charge in [-0.25, -0.2) is 9.78 Å². The van der Waals surface area contributed by atoms with Crippen molar-refractivity contribution in [1.29, 1.82) is 0 Å². The van der Waals surface area contributed by atoms with Crippen LogP contribution in [0.1, 0.15) is 39.0 Å². The summed E-state index contributed by atoms with van der Waals surface area (Å²) in [6.45, 7) is 9.45. The van der Waals surface area contributed by atoms with E-state index >= 15 is 0 Å². The number of hydrogen-bond donors (Lipinski definition) is 1. The number of rotatable bonds is 8. The number of hydrogen-bond acceptors (Lipinski definition) is 6. The molecular weight excluding hydrogens is 402 g/mol. The molecule has 2 aromatic heterocycles. The van der Waals surface area contributed by atoms with E-state index in [4.69, 9.17) is 4.74 Å². The second-order valence-electron chi connectivity index (χ2n) is 6.67. The highest BCUT2D eigenvalue weighted by Gasteiger charge is 2.23. The van der Waals surface area contributed by atoms with E-state index in [-0.39, 0.29) is 29.4 Å². The van der Waals surface area contributed by atoms with Crippen LogP contribution in [-0.2, 0) is 11.3 Å². The minimum atomic E-state index is -0.485. The molecule has 0 aliphatic heterocycles. The Bertz CT molecular complexity index is 1190. The zero-order valence-corrected chi connectivity index (χ0v) is 18.0. The van der Waals surface area contributed by atoms with Crippen molar-refractivity contribution >= 4 is 34.4 Å². The van der Waals surface area contributed by atoms with E-state index in [0.29, 0.717) is 39.4 Å². The zero-order valence-electron chi connectivity index (χ0n) is 17.2. The van der Waals surface area contributed by atoms with Gasteiger partial charge in [-0.3, -0.25) is 14.2 Å². The third-order valence-corrected chi connectivity index (χ3v) is 5.64. The van der Waals surface area contributed by atoms with E-state index in [0.717, 1.165) is 0 Å². The molecule has 3 rings (SSSR count). The number of esters is 1. The van der Waals surface area contributed by atoms with Crippen LogP contribution >= 0.6 is 11.8 Å². The minimum Gasteiger partial charge on any atom is -0.461 e. The Hall–Kier alpha value is -3.13. The van der Waals surface area contributed by atoms with Gasteiger partial charge in [0.15, 0.2) is 10.9 Å². The van der Waals surface area contributed by atoms with Crippen LogP contribution in [-0.4, -0.2) is 38.6 Å². The van der Waals surface area contributed by atoms with Gasteiger partial charge in [0, 0.05) is 17.8 Å². The van der Waals surface area contributed by atoms with Gasteiger partial charge in [0.2, 0.25) is 0 Å². The maximum absolute atomic E-state index is 12.9. The topological polar surface area (TPSA) is 94.1 Å². The Morgan fingerprint density at radius 2 is 2.03 bits per heavy atom. The largest absolute Gasteiger partial charge is 0.461 e. The molecule has 8 heteroatoms. The Labute approximate surface area is 178 Å². The van der Waals surface area contributed by atoms with Crippen LogP contribution in [0.3, 0.4) is 0 Å². The average molecular weight is 426 g/mol. The zero-order chi connectivity index (χ0) is 21.8. The Balaban J connectivity index is 1.91. The number of aryl methyl sites for hydroxylation is 1. The summed E-state index contributed by atoms with van der Waals surface area (Å²) in [4.78, 5) is 45.4. The number of aromatic amines is 1. The molecule has 3 aromatic rings. The minimum absolute atomic E-state index is 0.0731. The number of H-pyrrole nitrogens is 1. The van der Waals surface area contributed by atoms with Crippen LogP contribution < -0.4 is 5.56 Å². The summed E-state index contributed by atoms with van der Waals surface area (Å²) in [5, 5.41) is 0.967. The molecule has 30 heavy (non-hydrogen) atoms. The lowest BCUT2D eigenvalue weighted by atomic mass is 10.1. The molecule has 0 aliphatic rings. The molecule has 0 amide bonds. The number of aromatic nitrogens is 3. The van der Waals surface area contributed by atoms with Crippen LogP contribution in [0.2, 0.25) is 0 Å². The van der Waals surface area contributed by atoms with E-state index < -0.39 is 5.97 Å². The normalized spacial score (nSPS) is 10.9.